The first-order valence-corrected chi connectivity index (χ1v) is 14.0. The van der Waals surface area contributed by atoms with Crippen LogP contribution in [0.25, 0.3) is 0 Å². The van der Waals surface area contributed by atoms with Gasteiger partial charge in [-0.15, -0.1) is 0 Å². The SMILES string of the molecule is O=C(C1CC(N(Cc2ccc([N+](=O)[O-])cc2)CC2CCCO2)CN1C(=O)c1ccc(F)cc1)N1CCCNCC1. The Labute approximate surface area is 233 Å². The summed E-state index contributed by atoms with van der Waals surface area (Å²) in [6.07, 6.45) is 3.28. The first-order chi connectivity index (χ1) is 19.4. The molecule has 3 saturated heterocycles. The van der Waals surface area contributed by atoms with Crippen LogP contribution in [0, 0.1) is 15.9 Å². The van der Waals surface area contributed by atoms with Crippen LogP contribution < -0.4 is 5.32 Å². The van der Waals surface area contributed by atoms with Crippen LogP contribution in [0.4, 0.5) is 10.1 Å². The maximum atomic E-state index is 13.9. The standard InChI is InChI=1S/C29H36FN5O5/c30-23-8-6-22(7-9-23)28(36)34-19-25(17-27(34)29(37)32-14-2-12-31-13-15-32)33(20-26-3-1-16-40-26)18-21-4-10-24(11-5-21)35(38)39/h4-11,25-27,31H,1-3,12-20H2. The van der Waals surface area contributed by atoms with Crippen LogP contribution in [0.3, 0.4) is 0 Å². The van der Waals surface area contributed by atoms with E-state index in [1.54, 1.807) is 17.0 Å². The highest BCUT2D eigenvalue weighted by Crippen LogP contribution is 2.29. The molecule has 3 fully saturated rings. The number of ether oxygens (including phenoxy) is 1. The number of hydrogen-bond acceptors (Lipinski definition) is 7. The van der Waals surface area contributed by atoms with Gasteiger partial charge in [-0.1, -0.05) is 12.1 Å². The molecule has 11 heteroatoms. The van der Waals surface area contributed by atoms with Crippen molar-refractivity contribution in [2.45, 2.75) is 50.4 Å². The molecule has 2 aromatic carbocycles. The van der Waals surface area contributed by atoms with Crippen LogP contribution in [0.5, 0.6) is 0 Å². The maximum absolute atomic E-state index is 13.9. The van der Waals surface area contributed by atoms with E-state index in [0.29, 0.717) is 57.9 Å². The summed E-state index contributed by atoms with van der Waals surface area (Å²) in [7, 11) is 0. The Balaban J connectivity index is 1.41. The zero-order chi connectivity index (χ0) is 28.1. The minimum absolute atomic E-state index is 0.0314. The van der Waals surface area contributed by atoms with Gasteiger partial charge >= 0.3 is 0 Å². The van der Waals surface area contributed by atoms with Crippen molar-refractivity contribution in [2.75, 3.05) is 45.9 Å². The van der Waals surface area contributed by atoms with Gasteiger partial charge in [-0.25, -0.2) is 4.39 Å². The Hall–Kier alpha value is -3.41. The number of likely N-dealkylation sites (tertiary alicyclic amines) is 1. The van der Waals surface area contributed by atoms with Gasteiger partial charge < -0.3 is 19.9 Å². The number of carbonyl (C=O) groups excluding carboxylic acids is 2. The third-order valence-electron chi connectivity index (χ3n) is 8.08. The van der Waals surface area contributed by atoms with Crippen LogP contribution >= 0.6 is 0 Å². The molecule has 0 aromatic heterocycles. The number of nitro benzene ring substituents is 1. The summed E-state index contributed by atoms with van der Waals surface area (Å²) < 4.78 is 19.5. The fraction of sp³-hybridized carbons (Fsp3) is 0.517. The molecule has 2 amide bonds. The molecule has 5 rings (SSSR count). The Morgan fingerprint density at radius 1 is 1.07 bits per heavy atom. The van der Waals surface area contributed by atoms with E-state index < -0.39 is 16.8 Å². The topological polar surface area (TPSA) is 108 Å². The zero-order valence-corrected chi connectivity index (χ0v) is 22.5. The molecule has 0 bridgehead atoms. The van der Waals surface area contributed by atoms with Crippen molar-refractivity contribution >= 4 is 17.5 Å². The summed E-state index contributed by atoms with van der Waals surface area (Å²) in [6, 6.07) is 11.2. The van der Waals surface area contributed by atoms with Gasteiger partial charge in [0.15, 0.2) is 0 Å². The normalized spacial score (nSPS) is 23.4. The number of hydrogen-bond donors (Lipinski definition) is 1. The largest absolute Gasteiger partial charge is 0.377 e. The third-order valence-corrected chi connectivity index (χ3v) is 8.08. The van der Waals surface area contributed by atoms with Crippen LogP contribution in [-0.2, 0) is 16.1 Å². The summed E-state index contributed by atoms with van der Waals surface area (Å²) in [6.45, 7) is 4.97. The Kier molecular flexibility index (Phi) is 9.03. The van der Waals surface area contributed by atoms with Gasteiger partial charge in [0.25, 0.3) is 11.6 Å². The second kappa shape index (κ2) is 12.8. The highest BCUT2D eigenvalue weighted by Gasteiger charge is 2.44. The molecule has 3 aliphatic heterocycles. The Bertz CT molecular complexity index is 1180. The van der Waals surface area contributed by atoms with Crippen molar-refractivity contribution < 1.29 is 23.6 Å². The van der Waals surface area contributed by atoms with Crippen molar-refractivity contribution in [3.8, 4) is 0 Å². The predicted molar refractivity (Wildman–Crippen MR) is 146 cm³/mol. The lowest BCUT2D eigenvalue weighted by Crippen LogP contribution is -2.48. The number of nitrogens with zero attached hydrogens (tertiary/aromatic N) is 4. The molecule has 3 aliphatic rings. The fourth-order valence-electron chi connectivity index (χ4n) is 5.92. The summed E-state index contributed by atoms with van der Waals surface area (Å²) in [5, 5.41) is 14.5. The van der Waals surface area contributed by atoms with E-state index in [0.717, 1.165) is 31.4 Å². The molecule has 0 saturated carbocycles. The number of carbonyl (C=O) groups is 2. The lowest BCUT2D eigenvalue weighted by molar-refractivity contribution is -0.384. The molecule has 3 unspecified atom stereocenters. The molecule has 10 nitrogen and oxygen atoms in total. The number of nitrogens with one attached hydrogen (secondary N) is 1. The molecular weight excluding hydrogens is 517 g/mol. The molecule has 0 spiro atoms. The second-order valence-corrected chi connectivity index (χ2v) is 10.8. The number of halogens is 1. The van der Waals surface area contributed by atoms with E-state index in [4.69, 9.17) is 4.74 Å². The van der Waals surface area contributed by atoms with Crippen LogP contribution in [-0.4, -0.2) is 95.5 Å². The van der Waals surface area contributed by atoms with Crippen LogP contribution in [0.1, 0.15) is 41.6 Å². The van der Waals surface area contributed by atoms with E-state index in [1.807, 2.05) is 4.90 Å². The monoisotopic (exact) mass is 553 g/mol. The second-order valence-electron chi connectivity index (χ2n) is 10.8. The minimum Gasteiger partial charge on any atom is -0.377 e. The number of benzene rings is 2. The fourth-order valence-corrected chi connectivity index (χ4v) is 5.92. The first kappa shape index (κ1) is 28.1. The molecule has 214 valence electrons. The van der Waals surface area contributed by atoms with Gasteiger partial charge in [-0.05, 0) is 62.1 Å². The maximum Gasteiger partial charge on any atom is 0.269 e. The van der Waals surface area contributed by atoms with Gasteiger partial charge in [0.2, 0.25) is 5.91 Å². The molecule has 0 radical (unpaired) electrons. The molecule has 3 atom stereocenters. The van der Waals surface area contributed by atoms with Crippen molar-refractivity contribution in [2.24, 2.45) is 0 Å². The summed E-state index contributed by atoms with van der Waals surface area (Å²) in [4.78, 5) is 44.0. The number of amides is 2. The van der Waals surface area contributed by atoms with Gasteiger partial charge in [-0.2, -0.15) is 0 Å². The Morgan fingerprint density at radius 2 is 1.85 bits per heavy atom. The van der Waals surface area contributed by atoms with Gasteiger partial charge in [0.1, 0.15) is 11.9 Å². The van der Waals surface area contributed by atoms with Crippen molar-refractivity contribution in [3.05, 3.63) is 75.6 Å². The smallest absolute Gasteiger partial charge is 0.269 e. The summed E-state index contributed by atoms with van der Waals surface area (Å²) >= 11 is 0. The number of rotatable bonds is 8. The first-order valence-electron chi connectivity index (χ1n) is 14.0. The van der Waals surface area contributed by atoms with Crippen molar-refractivity contribution in [1.82, 2.24) is 20.0 Å². The molecule has 2 aromatic rings. The van der Waals surface area contributed by atoms with Crippen molar-refractivity contribution in [1.29, 1.82) is 0 Å². The molecule has 3 heterocycles. The predicted octanol–water partition coefficient (Wildman–Crippen LogP) is 2.82. The van der Waals surface area contributed by atoms with Crippen molar-refractivity contribution in [3.63, 3.8) is 0 Å². The molecule has 40 heavy (non-hydrogen) atoms. The molecule has 0 aliphatic carbocycles. The van der Waals surface area contributed by atoms with E-state index in [9.17, 15) is 24.1 Å². The van der Waals surface area contributed by atoms with E-state index in [1.165, 1.54) is 36.4 Å². The highest BCUT2D eigenvalue weighted by atomic mass is 19.1. The summed E-state index contributed by atoms with van der Waals surface area (Å²) in [5.41, 5.74) is 1.29. The van der Waals surface area contributed by atoms with Gasteiger partial charge in [0, 0.05) is 69.6 Å². The summed E-state index contributed by atoms with van der Waals surface area (Å²) in [5.74, 6) is -0.776. The number of non-ortho nitro benzene ring substituents is 1. The highest BCUT2D eigenvalue weighted by molar-refractivity contribution is 5.98. The van der Waals surface area contributed by atoms with Crippen LogP contribution in [0.2, 0.25) is 0 Å². The van der Waals surface area contributed by atoms with E-state index in [2.05, 4.69) is 10.2 Å². The molecular formula is C29H36FN5O5. The quantitative estimate of drug-likeness (QED) is 0.396. The average Bonchev–Trinajstić information content (AvgIpc) is 3.56. The van der Waals surface area contributed by atoms with Crippen LogP contribution in [0.15, 0.2) is 48.5 Å². The molecule has 1 N–H and O–H groups in total. The number of nitro groups is 1. The lowest BCUT2D eigenvalue weighted by Gasteiger charge is -2.31. The lowest BCUT2D eigenvalue weighted by atomic mass is 10.1. The minimum atomic E-state index is -0.635. The van der Waals surface area contributed by atoms with E-state index >= 15 is 0 Å². The Morgan fingerprint density at radius 3 is 2.55 bits per heavy atom. The average molecular weight is 554 g/mol. The van der Waals surface area contributed by atoms with E-state index in [-0.39, 0.29) is 29.6 Å². The zero-order valence-electron chi connectivity index (χ0n) is 22.5. The van der Waals surface area contributed by atoms with Gasteiger partial charge in [0.05, 0.1) is 11.0 Å². The van der Waals surface area contributed by atoms with Gasteiger partial charge in [-0.3, -0.25) is 24.6 Å². The third kappa shape index (κ3) is 6.65.